The Hall–Kier alpha value is -1.27. The molecule has 1 heterocycles. The number of benzene rings is 1. The van der Waals surface area contributed by atoms with Crippen LogP contribution in [0.25, 0.3) is 10.2 Å². The predicted molar refractivity (Wildman–Crippen MR) is 64.5 cm³/mol. The van der Waals surface area contributed by atoms with Gasteiger partial charge in [-0.25, -0.2) is 4.98 Å². The van der Waals surface area contributed by atoms with E-state index in [-0.39, 0.29) is 5.75 Å². The topological polar surface area (TPSA) is 59.4 Å². The van der Waals surface area contributed by atoms with Crippen molar-refractivity contribution in [2.45, 2.75) is 4.34 Å². The highest BCUT2D eigenvalue weighted by atomic mass is 32.2. The Kier molecular flexibility index (Phi) is 3.31. The second-order valence-electron chi connectivity index (χ2n) is 2.97. The minimum Gasteiger partial charge on any atom is -0.494 e. The smallest absolute Gasteiger partial charge is 0.313 e. The Morgan fingerprint density at radius 3 is 3.12 bits per heavy atom. The number of hydrogen-bond acceptors (Lipinski definition) is 5. The number of carboxylic acids is 1. The fourth-order valence-corrected chi connectivity index (χ4v) is 3.05. The summed E-state index contributed by atoms with van der Waals surface area (Å²) in [6, 6.07) is 5.68. The number of carboxylic acid groups (broad SMARTS) is 1. The lowest BCUT2D eigenvalue weighted by molar-refractivity contribution is -0.133. The Labute approximate surface area is 100 Å². The minimum absolute atomic E-state index is 0.0299. The van der Waals surface area contributed by atoms with Crippen molar-refractivity contribution >= 4 is 39.3 Å². The number of fused-ring (bicyclic) bond motifs is 1. The van der Waals surface area contributed by atoms with Crippen LogP contribution in [-0.4, -0.2) is 28.9 Å². The third-order valence-corrected chi connectivity index (χ3v) is 4.05. The summed E-state index contributed by atoms with van der Waals surface area (Å²) < 4.78 is 6.94. The van der Waals surface area contributed by atoms with E-state index in [4.69, 9.17) is 9.84 Å². The summed E-state index contributed by atoms with van der Waals surface area (Å²) in [4.78, 5) is 14.8. The van der Waals surface area contributed by atoms with Crippen LogP contribution in [0.2, 0.25) is 0 Å². The van der Waals surface area contributed by atoms with Crippen molar-refractivity contribution in [3.05, 3.63) is 18.2 Å². The Morgan fingerprint density at radius 2 is 2.44 bits per heavy atom. The van der Waals surface area contributed by atoms with E-state index in [9.17, 15) is 4.79 Å². The first-order valence-electron chi connectivity index (χ1n) is 4.49. The van der Waals surface area contributed by atoms with Gasteiger partial charge in [-0.15, -0.1) is 11.3 Å². The monoisotopic (exact) mass is 255 g/mol. The zero-order valence-corrected chi connectivity index (χ0v) is 10.1. The van der Waals surface area contributed by atoms with Gasteiger partial charge >= 0.3 is 5.97 Å². The number of thioether (sulfide) groups is 1. The molecule has 1 aromatic heterocycles. The number of para-hydroxylation sites is 1. The number of nitrogens with zero attached hydrogens (tertiary/aromatic N) is 1. The van der Waals surface area contributed by atoms with Crippen molar-refractivity contribution in [2.24, 2.45) is 0 Å². The van der Waals surface area contributed by atoms with Gasteiger partial charge in [-0.2, -0.15) is 0 Å². The minimum atomic E-state index is -0.837. The second-order valence-corrected chi connectivity index (χ2v) is 5.22. The number of carbonyl (C=O) groups is 1. The molecule has 6 heteroatoms. The number of methoxy groups -OCH3 is 1. The zero-order valence-electron chi connectivity index (χ0n) is 8.47. The number of hydrogen-bond donors (Lipinski definition) is 1. The summed E-state index contributed by atoms with van der Waals surface area (Å²) >= 11 is 2.70. The van der Waals surface area contributed by atoms with Gasteiger partial charge in [-0.05, 0) is 12.1 Å². The van der Waals surface area contributed by atoms with Gasteiger partial charge in [-0.3, -0.25) is 4.79 Å². The van der Waals surface area contributed by atoms with Crippen LogP contribution < -0.4 is 4.74 Å². The molecule has 0 amide bonds. The van der Waals surface area contributed by atoms with E-state index in [1.807, 2.05) is 18.2 Å². The van der Waals surface area contributed by atoms with Gasteiger partial charge in [0.1, 0.15) is 11.3 Å². The highest BCUT2D eigenvalue weighted by Gasteiger charge is 2.09. The summed E-state index contributed by atoms with van der Waals surface area (Å²) in [5, 5.41) is 8.58. The standard InChI is InChI=1S/C10H9NO3S2/c1-14-6-3-2-4-7-9(6)11-10(16-7)15-5-8(12)13/h2-4H,5H2,1H3,(H,12,13). The fraction of sp³-hybridized carbons (Fsp3) is 0.200. The molecule has 2 rings (SSSR count). The maximum Gasteiger partial charge on any atom is 0.313 e. The van der Waals surface area contributed by atoms with Gasteiger partial charge in [0.15, 0.2) is 4.34 Å². The number of aromatic nitrogens is 1. The van der Waals surface area contributed by atoms with Crippen LogP contribution in [0.1, 0.15) is 0 Å². The van der Waals surface area contributed by atoms with Gasteiger partial charge in [0.25, 0.3) is 0 Å². The molecule has 4 nitrogen and oxygen atoms in total. The highest BCUT2D eigenvalue weighted by Crippen LogP contribution is 2.33. The maximum absolute atomic E-state index is 10.4. The predicted octanol–water partition coefficient (Wildman–Crippen LogP) is 2.48. The molecule has 2 aromatic rings. The molecule has 1 aromatic carbocycles. The zero-order chi connectivity index (χ0) is 11.5. The highest BCUT2D eigenvalue weighted by molar-refractivity contribution is 8.01. The van der Waals surface area contributed by atoms with Gasteiger partial charge in [0.05, 0.1) is 17.6 Å². The van der Waals surface area contributed by atoms with Crippen molar-refractivity contribution in [3.63, 3.8) is 0 Å². The SMILES string of the molecule is COc1cccc2sc(SCC(=O)O)nc12. The lowest BCUT2D eigenvalue weighted by atomic mass is 10.3. The van der Waals surface area contributed by atoms with E-state index < -0.39 is 5.97 Å². The first kappa shape index (κ1) is 11.2. The van der Waals surface area contributed by atoms with Crippen molar-refractivity contribution in [2.75, 3.05) is 12.9 Å². The van der Waals surface area contributed by atoms with Crippen molar-refractivity contribution in [1.29, 1.82) is 0 Å². The molecule has 84 valence electrons. The lowest BCUT2D eigenvalue weighted by Gasteiger charge is -1.97. The third-order valence-electron chi connectivity index (χ3n) is 1.90. The maximum atomic E-state index is 10.4. The molecule has 0 fully saturated rings. The molecule has 0 aliphatic carbocycles. The molecule has 16 heavy (non-hydrogen) atoms. The summed E-state index contributed by atoms with van der Waals surface area (Å²) in [6.45, 7) is 0. The van der Waals surface area contributed by atoms with Crippen LogP contribution in [0.3, 0.4) is 0 Å². The Bertz CT molecular complexity index is 524. The fourth-order valence-electron chi connectivity index (χ4n) is 1.25. The normalized spacial score (nSPS) is 10.6. The molecule has 0 atom stereocenters. The van der Waals surface area contributed by atoms with Crippen molar-refractivity contribution in [1.82, 2.24) is 4.98 Å². The number of ether oxygens (including phenoxy) is 1. The van der Waals surface area contributed by atoms with Gasteiger partial charge in [-0.1, -0.05) is 17.8 Å². The van der Waals surface area contributed by atoms with E-state index >= 15 is 0 Å². The van der Waals surface area contributed by atoms with Gasteiger partial charge in [0.2, 0.25) is 0 Å². The molecule has 0 aliphatic rings. The molecule has 0 bridgehead atoms. The quantitative estimate of drug-likeness (QED) is 0.850. The van der Waals surface area contributed by atoms with Gasteiger partial charge < -0.3 is 9.84 Å². The molecule has 0 unspecified atom stereocenters. The Balaban J connectivity index is 2.32. The first-order chi connectivity index (χ1) is 7.70. The largest absolute Gasteiger partial charge is 0.494 e. The van der Waals surface area contributed by atoms with Crippen molar-refractivity contribution in [3.8, 4) is 5.75 Å². The van der Waals surface area contributed by atoms with Crippen LogP contribution in [0.5, 0.6) is 5.75 Å². The number of thiazole rings is 1. The van der Waals surface area contributed by atoms with Crippen LogP contribution in [0, 0.1) is 0 Å². The average molecular weight is 255 g/mol. The van der Waals surface area contributed by atoms with Crippen LogP contribution >= 0.6 is 23.1 Å². The number of rotatable bonds is 4. The van der Waals surface area contributed by atoms with E-state index in [0.29, 0.717) is 0 Å². The van der Waals surface area contributed by atoms with Crippen molar-refractivity contribution < 1.29 is 14.6 Å². The summed E-state index contributed by atoms with van der Waals surface area (Å²) in [5.74, 6) is -0.0885. The molecule has 0 spiro atoms. The molecule has 0 radical (unpaired) electrons. The summed E-state index contributed by atoms with van der Waals surface area (Å²) in [7, 11) is 1.60. The third kappa shape index (κ3) is 2.28. The molecule has 1 N–H and O–H groups in total. The van der Waals surface area contributed by atoms with E-state index in [0.717, 1.165) is 20.3 Å². The van der Waals surface area contributed by atoms with Gasteiger partial charge in [0, 0.05) is 0 Å². The van der Waals surface area contributed by atoms with E-state index in [1.54, 1.807) is 7.11 Å². The molecular formula is C10H9NO3S2. The second kappa shape index (κ2) is 4.71. The molecular weight excluding hydrogens is 246 g/mol. The Morgan fingerprint density at radius 1 is 1.62 bits per heavy atom. The summed E-state index contributed by atoms with van der Waals surface area (Å²) in [6.07, 6.45) is 0. The van der Waals surface area contributed by atoms with E-state index in [2.05, 4.69) is 4.98 Å². The average Bonchev–Trinajstić information content (AvgIpc) is 2.68. The molecule has 0 aliphatic heterocycles. The molecule has 0 saturated heterocycles. The first-order valence-corrected chi connectivity index (χ1v) is 6.29. The van der Waals surface area contributed by atoms with Crippen LogP contribution in [0.15, 0.2) is 22.5 Å². The van der Waals surface area contributed by atoms with Crippen LogP contribution in [-0.2, 0) is 4.79 Å². The van der Waals surface area contributed by atoms with E-state index in [1.165, 1.54) is 23.1 Å². The number of aliphatic carboxylic acids is 1. The van der Waals surface area contributed by atoms with Crippen LogP contribution in [0.4, 0.5) is 0 Å². The molecule has 0 saturated carbocycles. The summed E-state index contributed by atoms with van der Waals surface area (Å²) in [5.41, 5.74) is 0.794. The lowest BCUT2D eigenvalue weighted by Crippen LogP contribution is -1.96.